The topological polar surface area (TPSA) is 77.6 Å². The van der Waals surface area contributed by atoms with Crippen molar-refractivity contribution in [1.82, 2.24) is 15.2 Å². The SMILES string of the molecule is CN(C)CCNC(=O)c1cncc(C(=O)Nc2ccc(N3CCCC3)cc2)c1. The highest BCUT2D eigenvalue weighted by atomic mass is 16.2. The first-order valence-electron chi connectivity index (χ1n) is 9.57. The number of anilines is 2. The minimum atomic E-state index is -0.288. The van der Waals surface area contributed by atoms with Gasteiger partial charge in [-0.25, -0.2) is 0 Å². The van der Waals surface area contributed by atoms with Crippen molar-refractivity contribution in [3.05, 3.63) is 53.9 Å². The fraction of sp³-hybridized carbons (Fsp3) is 0.381. The third kappa shape index (κ3) is 5.29. The Hall–Kier alpha value is -2.93. The van der Waals surface area contributed by atoms with Crippen molar-refractivity contribution < 1.29 is 9.59 Å². The first-order valence-corrected chi connectivity index (χ1v) is 9.57. The van der Waals surface area contributed by atoms with E-state index in [2.05, 4.69) is 20.5 Å². The van der Waals surface area contributed by atoms with Gasteiger partial charge >= 0.3 is 0 Å². The highest BCUT2D eigenvalue weighted by Gasteiger charge is 2.14. The van der Waals surface area contributed by atoms with E-state index in [0.717, 1.165) is 19.6 Å². The van der Waals surface area contributed by atoms with Crippen molar-refractivity contribution in [2.75, 3.05) is 50.5 Å². The molecule has 7 nitrogen and oxygen atoms in total. The molecule has 1 aliphatic heterocycles. The van der Waals surface area contributed by atoms with Crippen LogP contribution in [0, 0.1) is 0 Å². The number of benzene rings is 1. The molecule has 0 atom stereocenters. The van der Waals surface area contributed by atoms with Gasteiger partial charge in [0.2, 0.25) is 0 Å². The van der Waals surface area contributed by atoms with E-state index in [0.29, 0.717) is 23.4 Å². The molecule has 1 saturated heterocycles. The molecule has 1 fully saturated rings. The molecule has 0 unspecified atom stereocenters. The van der Waals surface area contributed by atoms with Crippen LogP contribution in [0.2, 0.25) is 0 Å². The Bertz CT molecular complexity index is 814. The highest BCUT2D eigenvalue weighted by Crippen LogP contribution is 2.22. The van der Waals surface area contributed by atoms with Gasteiger partial charge in [-0.05, 0) is 57.3 Å². The molecule has 0 spiro atoms. The zero-order valence-electron chi connectivity index (χ0n) is 16.4. The fourth-order valence-corrected chi connectivity index (χ4v) is 3.12. The lowest BCUT2D eigenvalue weighted by Gasteiger charge is -2.17. The van der Waals surface area contributed by atoms with Gasteiger partial charge in [-0.1, -0.05) is 0 Å². The second-order valence-electron chi connectivity index (χ2n) is 7.22. The minimum absolute atomic E-state index is 0.237. The summed E-state index contributed by atoms with van der Waals surface area (Å²) in [5.41, 5.74) is 2.61. The van der Waals surface area contributed by atoms with E-state index in [1.54, 1.807) is 6.07 Å². The Labute approximate surface area is 165 Å². The van der Waals surface area contributed by atoms with E-state index in [9.17, 15) is 9.59 Å². The first-order chi connectivity index (χ1) is 13.5. The molecule has 2 N–H and O–H groups in total. The van der Waals surface area contributed by atoms with Crippen molar-refractivity contribution in [3.8, 4) is 0 Å². The van der Waals surface area contributed by atoms with Crippen molar-refractivity contribution in [1.29, 1.82) is 0 Å². The summed E-state index contributed by atoms with van der Waals surface area (Å²) in [6.45, 7) is 3.44. The number of nitrogens with one attached hydrogen (secondary N) is 2. The Morgan fingerprint density at radius 2 is 1.68 bits per heavy atom. The van der Waals surface area contributed by atoms with E-state index in [1.165, 1.54) is 30.9 Å². The molecule has 2 heterocycles. The molecular weight excluding hydrogens is 354 g/mol. The molecule has 148 valence electrons. The number of amides is 2. The molecule has 2 aromatic rings. The molecule has 1 aromatic carbocycles. The molecule has 0 saturated carbocycles. The normalized spacial score (nSPS) is 13.6. The van der Waals surface area contributed by atoms with Gasteiger partial charge in [0.1, 0.15) is 0 Å². The standard InChI is InChI=1S/C21H27N5O2/c1-25(2)12-9-23-20(27)16-13-17(15-22-14-16)21(28)24-18-5-7-19(8-6-18)26-10-3-4-11-26/h5-8,13-15H,3-4,9-12H2,1-2H3,(H,23,27)(H,24,28). The van der Waals surface area contributed by atoms with E-state index in [4.69, 9.17) is 0 Å². The van der Waals surface area contributed by atoms with Crippen LogP contribution in [0.1, 0.15) is 33.6 Å². The Morgan fingerprint density at radius 3 is 2.32 bits per heavy atom. The second-order valence-corrected chi connectivity index (χ2v) is 7.22. The van der Waals surface area contributed by atoms with Gasteiger partial charge in [0.25, 0.3) is 11.8 Å². The van der Waals surface area contributed by atoms with Crippen LogP contribution >= 0.6 is 0 Å². The van der Waals surface area contributed by atoms with Gasteiger partial charge in [-0.2, -0.15) is 0 Å². The zero-order chi connectivity index (χ0) is 19.9. The average Bonchev–Trinajstić information content (AvgIpc) is 3.23. The van der Waals surface area contributed by atoms with Crippen LogP contribution in [-0.2, 0) is 0 Å². The van der Waals surface area contributed by atoms with Crippen molar-refractivity contribution in [2.45, 2.75) is 12.8 Å². The van der Waals surface area contributed by atoms with Crippen LogP contribution in [0.4, 0.5) is 11.4 Å². The van der Waals surface area contributed by atoms with Gasteiger partial charge in [0.15, 0.2) is 0 Å². The maximum Gasteiger partial charge on any atom is 0.257 e. The van der Waals surface area contributed by atoms with Crippen molar-refractivity contribution >= 4 is 23.2 Å². The van der Waals surface area contributed by atoms with Crippen molar-refractivity contribution in [3.63, 3.8) is 0 Å². The summed E-state index contributed by atoms with van der Waals surface area (Å²) < 4.78 is 0. The molecule has 0 aliphatic carbocycles. The number of hydrogen-bond donors (Lipinski definition) is 2. The number of nitrogens with zero attached hydrogens (tertiary/aromatic N) is 3. The Kier molecular flexibility index (Phi) is 6.60. The molecule has 0 radical (unpaired) electrons. The van der Waals surface area contributed by atoms with Crippen molar-refractivity contribution in [2.24, 2.45) is 0 Å². The largest absolute Gasteiger partial charge is 0.372 e. The Balaban J connectivity index is 1.60. The molecule has 0 bridgehead atoms. The highest BCUT2D eigenvalue weighted by molar-refractivity contribution is 6.05. The summed E-state index contributed by atoms with van der Waals surface area (Å²) in [6.07, 6.45) is 5.38. The monoisotopic (exact) mass is 381 g/mol. The second kappa shape index (κ2) is 9.32. The number of carbonyl (C=O) groups excluding carboxylic acids is 2. The van der Waals surface area contributed by atoms with Gasteiger partial charge in [-0.15, -0.1) is 0 Å². The van der Waals surface area contributed by atoms with Crippen LogP contribution in [0.3, 0.4) is 0 Å². The summed E-state index contributed by atoms with van der Waals surface area (Å²) >= 11 is 0. The van der Waals surface area contributed by atoms with Crippen LogP contribution in [0.5, 0.6) is 0 Å². The van der Waals surface area contributed by atoms with Crippen LogP contribution in [-0.4, -0.2) is 62.0 Å². The predicted octanol–water partition coefficient (Wildman–Crippen LogP) is 2.23. The quantitative estimate of drug-likeness (QED) is 0.769. The van der Waals surface area contributed by atoms with Crippen LogP contribution < -0.4 is 15.5 Å². The number of hydrogen-bond acceptors (Lipinski definition) is 5. The van der Waals surface area contributed by atoms with Crippen LogP contribution in [0.15, 0.2) is 42.7 Å². The smallest absolute Gasteiger partial charge is 0.257 e. The summed E-state index contributed by atoms with van der Waals surface area (Å²) in [5.74, 6) is -0.525. The number of carbonyl (C=O) groups is 2. The number of likely N-dealkylation sites (N-methyl/N-ethyl adjacent to an activating group) is 1. The molecule has 3 rings (SSSR count). The molecule has 1 aromatic heterocycles. The lowest BCUT2D eigenvalue weighted by molar-refractivity contribution is 0.0950. The van der Waals surface area contributed by atoms with Gasteiger partial charge < -0.3 is 20.4 Å². The molecular formula is C21H27N5O2. The minimum Gasteiger partial charge on any atom is -0.372 e. The number of rotatable bonds is 7. The van der Waals surface area contributed by atoms with Gasteiger partial charge in [-0.3, -0.25) is 14.6 Å². The van der Waals surface area contributed by atoms with E-state index < -0.39 is 0 Å². The summed E-state index contributed by atoms with van der Waals surface area (Å²) in [7, 11) is 3.88. The van der Waals surface area contributed by atoms with Crippen LogP contribution in [0.25, 0.3) is 0 Å². The summed E-state index contributed by atoms with van der Waals surface area (Å²) in [5, 5.41) is 5.69. The van der Waals surface area contributed by atoms with E-state index in [-0.39, 0.29) is 11.8 Å². The van der Waals surface area contributed by atoms with E-state index in [1.807, 2.05) is 43.3 Å². The maximum absolute atomic E-state index is 12.5. The van der Waals surface area contributed by atoms with Gasteiger partial charge in [0.05, 0.1) is 11.1 Å². The van der Waals surface area contributed by atoms with E-state index >= 15 is 0 Å². The summed E-state index contributed by atoms with van der Waals surface area (Å²) in [6, 6.07) is 9.40. The first kappa shape index (κ1) is 19.8. The fourth-order valence-electron chi connectivity index (χ4n) is 3.12. The van der Waals surface area contributed by atoms with Gasteiger partial charge in [0, 0.05) is 49.9 Å². The number of aromatic nitrogens is 1. The third-order valence-electron chi connectivity index (χ3n) is 4.70. The zero-order valence-corrected chi connectivity index (χ0v) is 16.4. The third-order valence-corrected chi connectivity index (χ3v) is 4.70. The maximum atomic E-state index is 12.5. The summed E-state index contributed by atoms with van der Waals surface area (Å²) in [4.78, 5) is 33.1. The average molecular weight is 381 g/mol. The molecule has 7 heteroatoms. The molecule has 28 heavy (non-hydrogen) atoms. The number of pyridine rings is 1. The lowest BCUT2D eigenvalue weighted by Crippen LogP contribution is -2.31. The molecule has 1 aliphatic rings. The molecule has 2 amide bonds. The Morgan fingerprint density at radius 1 is 1.04 bits per heavy atom. The lowest BCUT2D eigenvalue weighted by atomic mass is 10.1. The predicted molar refractivity (Wildman–Crippen MR) is 111 cm³/mol.